The zero-order chi connectivity index (χ0) is 13.2. The molecule has 0 fully saturated rings. The van der Waals surface area contributed by atoms with Gasteiger partial charge in [0.1, 0.15) is 0 Å². The molecule has 1 heterocycles. The molecule has 96 valence electrons. The van der Waals surface area contributed by atoms with Gasteiger partial charge >= 0.3 is 0 Å². The van der Waals surface area contributed by atoms with E-state index in [1.54, 1.807) is 0 Å². The lowest BCUT2D eigenvalue weighted by molar-refractivity contribution is 0.795. The van der Waals surface area contributed by atoms with Gasteiger partial charge in [0.25, 0.3) is 0 Å². The van der Waals surface area contributed by atoms with Crippen molar-refractivity contribution in [3.8, 4) is 0 Å². The number of hydrogen-bond donors (Lipinski definition) is 0. The van der Waals surface area contributed by atoms with E-state index in [0.29, 0.717) is 0 Å². The van der Waals surface area contributed by atoms with Crippen LogP contribution < -0.4 is 0 Å². The summed E-state index contributed by atoms with van der Waals surface area (Å²) in [7, 11) is 0. The number of hydrogen-bond acceptors (Lipinski definition) is 1. The molecule has 0 saturated carbocycles. The SMILES string of the molecule is CCCCc1c(C)ccc2nc3ccccc3cc12. The van der Waals surface area contributed by atoms with Crippen LogP contribution in [0.25, 0.3) is 21.8 Å². The van der Waals surface area contributed by atoms with Crippen molar-refractivity contribution < 1.29 is 0 Å². The molecule has 0 atom stereocenters. The van der Waals surface area contributed by atoms with E-state index < -0.39 is 0 Å². The Kier molecular flexibility index (Phi) is 3.20. The predicted molar refractivity (Wildman–Crippen MR) is 82.6 cm³/mol. The molecule has 2 aromatic carbocycles. The molecular weight excluding hydrogens is 230 g/mol. The maximum Gasteiger partial charge on any atom is 0.0712 e. The number of fused-ring (bicyclic) bond motifs is 2. The lowest BCUT2D eigenvalue weighted by atomic mass is 9.97. The maximum absolute atomic E-state index is 4.79. The minimum atomic E-state index is 1.08. The normalized spacial score (nSPS) is 11.3. The van der Waals surface area contributed by atoms with Gasteiger partial charge in [-0.1, -0.05) is 37.6 Å². The molecule has 3 rings (SSSR count). The molecule has 0 aliphatic heterocycles. The molecule has 0 aliphatic carbocycles. The lowest BCUT2D eigenvalue weighted by Gasteiger charge is -2.10. The Morgan fingerprint density at radius 1 is 1.00 bits per heavy atom. The van der Waals surface area contributed by atoms with Crippen molar-refractivity contribution in [3.63, 3.8) is 0 Å². The molecule has 1 heteroatoms. The zero-order valence-electron chi connectivity index (χ0n) is 11.6. The van der Waals surface area contributed by atoms with Gasteiger partial charge in [-0.3, -0.25) is 0 Å². The van der Waals surface area contributed by atoms with Crippen LogP contribution >= 0.6 is 0 Å². The van der Waals surface area contributed by atoms with Crippen molar-refractivity contribution in [3.05, 3.63) is 53.6 Å². The van der Waals surface area contributed by atoms with Crippen molar-refractivity contribution >= 4 is 21.8 Å². The van der Waals surface area contributed by atoms with E-state index >= 15 is 0 Å². The highest BCUT2D eigenvalue weighted by Crippen LogP contribution is 2.26. The van der Waals surface area contributed by atoms with Crippen LogP contribution in [0.15, 0.2) is 42.5 Å². The maximum atomic E-state index is 4.79. The van der Waals surface area contributed by atoms with Gasteiger partial charge in [-0.25, -0.2) is 4.98 Å². The minimum absolute atomic E-state index is 1.08. The summed E-state index contributed by atoms with van der Waals surface area (Å²) in [5.41, 5.74) is 5.06. The first-order chi connectivity index (χ1) is 9.29. The first kappa shape index (κ1) is 12.2. The second-order valence-corrected chi connectivity index (χ2v) is 5.21. The second kappa shape index (κ2) is 5.00. The molecule has 0 saturated heterocycles. The molecule has 0 spiro atoms. The number of nitrogens with zero attached hydrogens (tertiary/aromatic N) is 1. The number of para-hydroxylation sites is 1. The Morgan fingerprint density at radius 2 is 1.84 bits per heavy atom. The molecule has 0 bridgehead atoms. The summed E-state index contributed by atoms with van der Waals surface area (Å²) in [4.78, 5) is 4.79. The van der Waals surface area contributed by atoms with Crippen molar-refractivity contribution in [2.45, 2.75) is 33.1 Å². The Labute approximate surface area is 114 Å². The van der Waals surface area contributed by atoms with E-state index in [4.69, 9.17) is 4.98 Å². The van der Waals surface area contributed by atoms with Crippen LogP contribution in [0.3, 0.4) is 0 Å². The Bertz CT molecular complexity index is 728. The fraction of sp³-hybridized carbons (Fsp3) is 0.278. The monoisotopic (exact) mass is 249 g/mol. The van der Waals surface area contributed by atoms with Gasteiger partial charge in [0, 0.05) is 10.8 Å². The third-order valence-corrected chi connectivity index (χ3v) is 3.83. The highest BCUT2D eigenvalue weighted by molar-refractivity contribution is 5.94. The number of unbranched alkanes of at least 4 members (excludes halogenated alkanes) is 1. The predicted octanol–water partition coefficient (Wildman–Crippen LogP) is 5.04. The van der Waals surface area contributed by atoms with E-state index in [2.05, 4.69) is 50.2 Å². The van der Waals surface area contributed by atoms with Gasteiger partial charge in [0.05, 0.1) is 11.0 Å². The van der Waals surface area contributed by atoms with Gasteiger partial charge in [0.2, 0.25) is 0 Å². The van der Waals surface area contributed by atoms with E-state index in [1.165, 1.54) is 34.7 Å². The average Bonchev–Trinajstić information content (AvgIpc) is 2.44. The standard InChI is InChI=1S/C18H19N/c1-3-4-8-15-13(2)10-11-18-16(15)12-14-7-5-6-9-17(14)19-18/h5-7,9-12H,3-4,8H2,1-2H3. The van der Waals surface area contributed by atoms with Crippen LogP contribution in [0.1, 0.15) is 30.9 Å². The number of benzene rings is 2. The third kappa shape index (κ3) is 2.21. The number of aromatic nitrogens is 1. The molecule has 1 aromatic heterocycles. The fourth-order valence-corrected chi connectivity index (χ4v) is 2.70. The summed E-state index contributed by atoms with van der Waals surface area (Å²) in [6.45, 7) is 4.45. The lowest BCUT2D eigenvalue weighted by Crippen LogP contribution is -1.93. The first-order valence-electron chi connectivity index (χ1n) is 7.07. The fourth-order valence-electron chi connectivity index (χ4n) is 2.70. The molecule has 19 heavy (non-hydrogen) atoms. The summed E-state index contributed by atoms with van der Waals surface area (Å²) in [5, 5.41) is 2.56. The molecule has 0 amide bonds. The van der Waals surface area contributed by atoms with E-state index in [-0.39, 0.29) is 0 Å². The summed E-state index contributed by atoms with van der Waals surface area (Å²) >= 11 is 0. The summed E-state index contributed by atoms with van der Waals surface area (Å²) in [6, 6.07) is 15.0. The van der Waals surface area contributed by atoms with Gasteiger partial charge in [-0.05, 0) is 49.1 Å². The number of aryl methyl sites for hydroxylation is 2. The average molecular weight is 249 g/mol. The first-order valence-corrected chi connectivity index (χ1v) is 7.07. The van der Waals surface area contributed by atoms with Crippen molar-refractivity contribution in [2.75, 3.05) is 0 Å². The molecule has 3 aromatic rings. The molecule has 0 aliphatic rings. The van der Waals surface area contributed by atoms with Crippen LogP contribution in [0.4, 0.5) is 0 Å². The Balaban J connectivity index is 2.27. The summed E-state index contributed by atoms with van der Waals surface area (Å²) in [5.74, 6) is 0. The Hall–Kier alpha value is -1.89. The van der Waals surface area contributed by atoms with Crippen LogP contribution in [0.5, 0.6) is 0 Å². The van der Waals surface area contributed by atoms with Crippen LogP contribution in [-0.4, -0.2) is 4.98 Å². The van der Waals surface area contributed by atoms with Gasteiger partial charge < -0.3 is 0 Å². The third-order valence-electron chi connectivity index (χ3n) is 3.83. The Morgan fingerprint density at radius 3 is 2.68 bits per heavy atom. The number of rotatable bonds is 3. The summed E-state index contributed by atoms with van der Waals surface area (Å²) < 4.78 is 0. The molecule has 0 radical (unpaired) electrons. The summed E-state index contributed by atoms with van der Waals surface area (Å²) in [6.07, 6.45) is 3.63. The van der Waals surface area contributed by atoms with E-state index in [9.17, 15) is 0 Å². The number of pyridine rings is 1. The second-order valence-electron chi connectivity index (χ2n) is 5.21. The molecular formula is C18H19N. The molecule has 0 unspecified atom stereocenters. The van der Waals surface area contributed by atoms with Crippen molar-refractivity contribution in [1.82, 2.24) is 4.98 Å². The van der Waals surface area contributed by atoms with Gasteiger partial charge in [-0.2, -0.15) is 0 Å². The smallest absolute Gasteiger partial charge is 0.0712 e. The minimum Gasteiger partial charge on any atom is -0.248 e. The van der Waals surface area contributed by atoms with Crippen molar-refractivity contribution in [2.24, 2.45) is 0 Å². The zero-order valence-corrected chi connectivity index (χ0v) is 11.6. The topological polar surface area (TPSA) is 12.9 Å². The highest BCUT2D eigenvalue weighted by Gasteiger charge is 2.07. The largest absolute Gasteiger partial charge is 0.248 e. The molecule has 1 nitrogen and oxygen atoms in total. The highest BCUT2D eigenvalue weighted by atomic mass is 14.7. The van der Waals surface area contributed by atoms with Gasteiger partial charge in [0.15, 0.2) is 0 Å². The van der Waals surface area contributed by atoms with Crippen LogP contribution in [-0.2, 0) is 6.42 Å². The van der Waals surface area contributed by atoms with Crippen LogP contribution in [0.2, 0.25) is 0 Å². The van der Waals surface area contributed by atoms with E-state index in [0.717, 1.165) is 17.5 Å². The quantitative estimate of drug-likeness (QED) is 0.593. The van der Waals surface area contributed by atoms with Crippen molar-refractivity contribution in [1.29, 1.82) is 0 Å². The molecule has 0 N–H and O–H groups in total. The van der Waals surface area contributed by atoms with E-state index in [1.807, 2.05) is 6.07 Å². The van der Waals surface area contributed by atoms with Gasteiger partial charge in [-0.15, -0.1) is 0 Å². The van der Waals surface area contributed by atoms with Crippen LogP contribution in [0, 0.1) is 6.92 Å².